The van der Waals surface area contributed by atoms with E-state index < -0.39 is 45.9 Å². The second kappa shape index (κ2) is 36.3. The van der Waals surface area contributed by atoms with E-state index >= 15 is 0 Å². The zero-order valence-corrected chi connectivity index (χ0v) is 51.6. The molecule has 1 fully saturated rings. The number of hydrogen-bond acceptors (Lipinski definition) is 19. The molecule has 1 aliphatic rings. The minimum Gasteiger partial charge on any atom is -0.490 e. The Bertz CT molecular complexity index is 2580. The van der Waals surface area contributed by atoms with Crippen LogP contribution in [0.4, 0.5) is 14.4 Å². The Balaban J connectivity index is 0.000000435. The molecule has 3 aromatic rings. The number of carbonyl (C=O) groups excluding carboxylic acids is 9. The summed E-state index contributed by atoms with van der Waals surface area (Å²) >= 11 is 0. The lowest BCUT2D eigenvalue weighted by Crippen LogP contribution is -2.47. The Hall–Kier alpha value is -7.59. The van der Waals surface area contributed by atoms with Gasteiger partial charge >= 0.3 is 36.2 Å². The van der Waals surface area contributed by atoms with Crippen LogP contribution in [-0.4, -0.2) is 146 Å². The predicted octanol–water partition coefficient (Wildman–Crippen LogP) is 9.34. The molecule has 4 rings (SSSR count). The van der Waals surface area contributed by atoms with Crippen LogP contribution in [0.15, 0.2) is 78.9 Å². The van der Waals surface area contributed by atoms with Gasteiger partial charge in [0.15, 0.2) is 17.2 Å². The molecule has 5 N–H and O–H groups in total. The number of alkyl carbamates (subject to hydrolysis) is 3. The van der Waals surface area contributed by atoms with Crippen molar-refractivity contribution in [3.05, 3.63) is 95.6 Å². The summed E-state index contributed by atoms with van der Waals surface area (Å²) in [6, 6.07) is 21.6. The third-order valence-electron chi connectivity index (χ3n) is 13.6. The van der Waals surface area contributed by atoms with Crippen molar-refractivity contribution in [3.63, 3.8) is 0 Å². The first-order valence-electron chi connectivity index (χ1n) is 28.8. The van der Waals surface area contributed by atoms with E-state index in [2.05, 4.69) is 16.0 Å². The van der Waals surface area contributed by atoms with Gasteiger partial charge in [-0.15, -0.1) is 0 Å². The Kier molecular flexibility index (Phi) is 31.4. The maximum atomic E-state index is 13.0. The molecule has 0 bridgehead atoms. The fraction of sp³-hybridized carbons (Fsp3) is 0.571. The van der Waals surface area contributed by atoms with Crippen LogP contribution >= 0.6 is 0 Å². The Morgan fingerprint density at radius 2 is 0.871 bits per heavy atom. The summed E-state index contributed by atoms with van der Waals surface area (Å²) in [6.45, 7) is 21.5. The van der Waals surface area contributed by atoms with Crippen molar-refractivity contribution >= 4 is 53.5 Å². The quantitative estimate of drug-likeness (QED) is 0.0180. The predicted molar refractivity (Wildman–Crippen MR) is 315 cm³/mol. The molecule has 22 nitrogen and oxygen atoms in total. The van der Waals surface area contributed by atoms with Crippen molar-refractivity contribution in [3.8, 4) is 11.5 Å². The first kappa shape index (κ1) is 73.5. The van der Waals surface area contributed by atoms with Crippen LogP contribution in [0.3, 0.4) is 0 Å². The van der Waals surface area contributed by atoms with Crippen molar-refractivity contribution < 1.29 is 91.3 Å². The summed E-state index contributed by atoms with van der Waals surface area (Å²) in [5, 5.41) is 27.0. The third-order valence-corrected chi connectivity index (χ3v) is 13.6. The summed E-state index contributed by atoms with van der Waals surface area (Å²) in [6.07, 6.45) is 3.87. The van der Waals surface area contributed by atoms with Gasteiger partial charge in [-0.2, -0.15) is 0 Å². The minimum atomic E-state index is -1.44. The molecule has 1 aliphatic carbocycles. The minimum absolute atomic E-state index is 0.0266. The molecule has 0 heterocycles. The van der Waals surface area contributed by atoms with Gasteiger partial charge in [0.25, 0.3) is 0 Å². The second-order valence-corrected chi connectivity index (χ2v) is 22.4. The normalized spacial score (nSPS) is 13.2. The second-order valence-electron chi connectivity index (χ2n) is 22.4. The molecule has 1 atom stereocenters. The first-order valence-corrected chi connectivity index (χ1v) is 28.8. The number of nitrogens with one attached hydrogen (secondary N) is 3. The van der Waals surface area contributed by atoms with Crippen LogP contribution in [0.2, 0.25) is 0 Å². The van der Waals surface area contributed by atoms with Gasteiger partial charge in [0, 0.05) is 16.7 Å². The van der Waals surface area contributed by atoms with Gasteiger partial charge in [0.1, 0.15) is 68.9 Å². The molecule has 0 aromatic heterocycles. The van der Waals surface area contributed by atoms with Crippen molar-refractivity contribution in [2.45, 2.75) is 151 Å². The molecule has 85 heavy (non-hydrogen) atoms. The van der Waals surface area contributed by atoms with E-state index in [0.717, 1.165) is 19.3 Å². The van der Waals surface area contributed by atoms with E-state index in [1.165, 1.54) is 27.7 Å². The average Bonchev–Trinajstić information content (AvgIpc) is 3.40. The number of rotatable bonds is 30. The highest BCUT2D eigenvalue weighted by Gasteiger charge is 2.44. The number of esters is 3. The first-order chi connectivity index (χ1) is 39.9. The number of amides is 3. The summed E-state index contributed by atoms with van der Waals surface area (Å²) in [7, 11) is 0. The maximum Gasteiger partial charge on any atom is 0.408 e. The van der Waals surface area contributed by atoms with Gasteiger partial charge in [0.05, 0.1) is 36.4 Å². The molecular weight excluding hydrogens is 1100 g/mol. The van der Waals surface area contributed by atoms with Crippen LogP contribution < -0.4 is 25.4 Å². The number of aliphatic hydroxyl groups is 2. The number of ether oxygens (including phenoxy) is 8. The molecule has 0 radical (unpaired) electrons. The molecular formula is C63H91N3O19. The maximum absolute atomic E-state index is 13.0. The molecule has 22 heteroatoms. The van der Waals surface area contributed by atoms with E-state index in [1.54, 1.807) is 93.6 Å². The smallest absolute Gasteiger partial charge is 0.408 e. The van der Waals surface area contributed by atoms with Gasteiger partial charge in [-0.3, -0.25) is 28.8 Å². The van der Waals surface area contributed by atoms with E-state index in [9.17, 15) is 53.4 Å². The van der Waals surface area contributed by atoms with Gasteiger partial charge < -0.3 is 64.1 Å². The summed E-state index contributed by atoms with van der Waals surface area (Å²) in [4.78, 5) is 108. The van der Waals surface area contributed by atoms with Gasteiger partial charge in [-0.1, -0.05) is 64.4 Å². The zero-order chi connectivity index (χ0) is 63.9. The largest absolute Gasteiger partial charge is 0.490 e. The van der Waals surface area contributed by atoms with Crippen molar-refractivity contribution in [1.29, 1.82) is 0 Å². The van der Waals surface area contributed by atoms with Gasteiger partial charge in [-0.25, -0.2) is 14.4 Å². The van der Waals surface area contributed by atoms with Gasteiger partial charge in [-0.05, 0) is 149 Å². The number of ketones is 3. The highest BCUT2D eigenvalue weighted by molar-refractivity contribution is 6.04. The van der Waals surface area contributed by atoms with E-state index in [1.807, 2.05) is 40.7 Å². The summed E-state index contributed by atoms with van der Waals surface area (Å²) in [5.41, 5.74) is -3.78. The van der Waals surface area contributed by atoms with E-state index in [4.69, 9.17) is 37.9 Å². The Morgan fingerprint density at radius 1 is 0.482 bits per heavy atom. The molecule has 472 valence electrons. The molecule has 3 amide bonds. The van der Waals surface area contributed by atoms with Crippen LogP contribution in [-0.2, 0) is 42.8 Å². The highest BCUT2D eigenvalue weighted by Crippen LogP contribution is 2.35. The van der Waals surface area contributed by atoms with Crippen LogP contribution in [0.1, 0.15) is 166 Å². The molecule has 0 aliphatic heterocycles. The lowest BCUT2D eigenvalue weighted by molar-refractivity contribution is -0.154. The van der Waals surface area contributed by atoms with Crippen LogP contribution in [0.5, 0.6) is 11.5 Å². The monoisotopic (exact) mass is 1190 g/mol. The van der Waals surface area contributed by atoms with Crippen LogP contribution in [0.25, 0.3) is 0 Å². The molecule has 1 unspecified atom stereocenters. The lowest BCUT2D eigenvalue weighted by Gasteiger charge is -2.35. The number of hydrogen-bond donors (Lipinski definition) is 5. The Labute approximate surface area is 500 Å². The number of benzene rings is 3. The molecule has 0 spiro atoms. The van der Waals surface area contributed by atoms with Crippen molar-refractivity contribution in [2.24, 2.45) is 16.7 Å². The van der Waals surface area contributed by atoms with Crippen molar-refractivity contribution in [2.75, 3.05) is 65.9 Å². The number of carbonyl (C=O) groups is 9. The molecule has 0 saturated heterocycles. The summed E-state index contributed by atoms with van der Waals surface area (Å²) in [5.74, 6) is -0.958. The Morgan fingerprint density at radius 3 is 1.25 bits per heavy atom. The number of Topliss-reactive ketones (excluding diaryl/α,β-unsaturated/α-hetero) is 3. The standard InChI is InChI=1S/C22H31NO5.C21H31NO7.C20H29NO7/c1-4-21(2,3)19(25)27-16-15-23-20(26)28-22(13-9-6-10-14-22)18(24)17-11-7-5-8-12-17;1-6-20(2,3)18(24)28-12-11-22-19(25)29-14-13-27-16-9-7-15(8-10-16)17(23)21(4,5)26;1-5-14(2)18(23)27-11-10-21-19(24)28-13-12-26-16-8-6-15(7-9-16)17(22)20(3,4)25/h5,7-8,11-12H,4,6,9-10,13-16H2,1-3H3,(H,23,26);7-10,26H,6,11-14H2,1-5H3,(H,22,25);6-9,14,25H,5,10-13H2,1-4H3,(H,21,24). The third kappa shape index (κ3) is 27.3. The lowest BCUT2D eigenvalue weighted by atomic mass is 9.79. The topological polar surface area (TPSA) is 304 Å². The molecule has 3 aromatic carbocycles. The fourth-order valence-electron chi connectivity index (χ4n) is 7.25. The SMILES string of the molecule is CCC(C)(C)C(=O)OCCNC(=O)OC1(C(=O)c2ccccc2)CCCCC1.CCC(C)(C)C(=O)OCCNC(=O)OCCOc1ccc(C(=O)C(C)(C)O)cc1.CCC(C)C(=O)OCCNC(=O)OCCOc1ccc(C(=O)C(C)(C)O)cc1. The zero-order valence-electron chi connectivity index (χ0n) is 51.6. The average molecular weight is 1190 g/mol. The highest BCUT2D eigenvalue weighted by atomic mass is 16.6. The van der Waals surface area contributed by atoms with Crippen molar-refractivity contribution in [1.82, 2.24) is 16.0 Å². The van der Waals surface area contributed by atoms with Gasteiger partial charge in [0.2, 0.25) is 5.78 Å². The van der Waals surface area contributed by atoms with Crippen LogP contribution in [0, 0.1) is 16.7 Å². The van der Waals surface area contributed by atoms with E-state index in [0.29, 0.717) is 60.3 Å². The summed E-state index contributed by atoms with van der Waals surface area (Å²) < 4.78 is 41.7. The fourth-order valence-corrected chi connectivity index (χ4v) is 7.25. The van der Waals surface area contributed by atoms with E-state index in [-0.39, 0.29) is 107 Å². The molecule has 1 saturated carbocycles.